The molecule has 5 nitrogen and oxygen atoms in total. The van der Waals surface area contributed by atoms with Gasteiger partial charge in [0.05, 0.1) is 18.6 Å². The molecule has 0 N–H and O–H groups in total. The Kier molecular flexibility index (Phi) is 5.91. The largest absolute Gasteiger partial charge is 0.472 e. The summed E-state index contributed by atoms with van der Waals surface area (Å²) in [5.74, 6) is -0.495. The van der Waals surface area contributed by atoms with E-state index in [-0.39, 0.29) is 23.2 Å². The normalized spacial score (nSPS) is 38.0. The van der Waals surface area contributed by atoms with E-state index in [0.29, 0.717) is 12.8 Å². The number of hydrogen-bond donors (Lipinski definition) is 0. The Hall–Kier alpha value is -1.21. The van der Waals surface area contributed by atoms with Crippen molar-refractivity contribution in [3.05, 3.63) is 35.8 Å². The van der Waals surface area contributed by atoms with E-state index in [0.717, 1.165) is 42.1 Å². The zero-order valence-electron chi connectivity index (χ0n) is 20.0. The lowest BCUT2D eigenvalue weighted by Gasteiger charge is -2.53. The van der Waals surface area contributed by atoms with E-state index in [1.165, 1.54) is 0 Å². The number of carbonyl (C=O) groups excluding carboxylic acids is 1. The van der Waals surface area contributed by atoms with E-state index in [4.69, 9.17) is 18.3 Å². The Bertz CT molecular complexity index is 836. The second-order valence-electron chi connectivity index (χ2n) is 10.0. The lowest BCUT2D eigenvalue weighted by atomic mass is 9.53. The van der Waals surface area contributed by atoms with Crippen molar-refractivity contribution in [2.24, 2.45) is 11.3 Å². The number of Topliss-reactive ketones (excluding diaryl/α,β-unsaturated/α-hetero) is 1. The number of methoxy groups -OCH3 is 1. The van der Waals surface area contributed by atoms with Gasteiger partial charge in [-0.25, -0.2) is 0 Å². The molecular formula is C25H38O5Si. The van der Waals surface area contributed by atoms with Crippen LogP contribution in [0.1, 0.15) is 65.9 Å². The topological polar surface area (TPSA) is 57.9 Å². The summed E-state index contributed by atoms with van der Waals surface area (Å²) in [5, 5.41) is 0. The van der Waals surface area contributed by atoms with Gasteiger partial charge in [-0.1, -0.05) is 34.6 Å². The quantitative estimate of drug-likeness (QED) is 0.483. The van der Waals surface area contributed by atoms with Gasteiger partial charge in [0.25, 0.3) is 0 Å². The third-order valence-corrected chi connectivity index (χ3v) is 13.6. The van der Waals surface area contributed by atoms with Gasteiger partial charge in [0.1, 0.15) is 5.60 Å². The first-order valence-electron chi connectivity index (χ1n) is 11.9. The molecule has 3 aliphatic rings. The van der Waals surface area contributed by atoms with Crippen LogP contribution in [0.5, 0.6) is 0 Å². The molecule has 1 saturated carbocycles. The van der Waals surface area contributed by atoms with Crippen molar-refractivity contribution < 1.29 is 23.1 Å². The van der Waals surface area contributed by atoms with Crippen molar-refractivity contribution in [3.8, 4) is 0 Å². The SMILES string of the molecule is CC[Si](CC)(CC)OC1C=C2C(=O)CC(C)C3(C)CC(OC)(c4ccoc4)OC23CC1. The van der Waals surface area contributed by atoms with Crippen molar-refractivity contribution in [2.45, 2.75) is 95.9 Å². The fourth-order valence-electron chi connectivity index (χ4n) is 6.44. The van der Waals surface area contributed by atoms with Crippen molar-refractivity contribution in [2.75, 3.05) is 7.11 Å². The summed E-state index contributed by atoms with van der Waals surface area (Å²) in [6.45, 7) is 11.2. The number of carbonyl (C=O) groups is 1. The fourth-order valence-corrected chi connectivity index (χ4v) is 9.26. The zero-order chi connectivity index (χ0) is 22.5. The average Bonchev–Trinajstić information content (AvgIpc) is 3.40. The summed E-state index contributed by atoms with van der Waals surface area (Å²) in [7, 11) is -0.0709. The van der Waals surface area contributed by atoms with Gasteiger partial charge in [0, 0.05) is 36.5 Å². The minimum Gasteiger partial charge on any atom is -0.472 e. The lowest BCUT2D eigenvalue weighted by Crippen LogP contribution is -2.57. The van der Waals surface area contributed by atoms with Crippen LogP contribution >= 0.6 is 0 Å². The highest BCUT2D eigenvalue weighted by Crippen LogP contribution is 2.67. The maximum atomic E-state index is 13.4. The summed E-state index contributed by atoms with van der Waals surface area (Å²) in [6.07, 6.45) is 8.38. The Labute approximate surface area is 187 Å². The Morgan fingerprint density at radius 3 is 2.52 bits per heavy atom. The first-order valence-corrected chi connectivity index (χ1v) is 14.5. The van der Waals surface area contributed by atoms with E-state index < -0.39 is 19.7 Å². The molecule has 2 fully saturated rings. The monoisotopic (exact) mass is 446 g/mol. The molecule has 31 heavy (non-hydrogen) atoms. The molecule has 1 aromatic rings. The van der Waals surface area contributed by atoms with Gasteiger partial charge in [0.15, 0.2) is 19.9 Å². The van der Waals surface area contributed by atoms with Crippen LogP contribution in [0.3, 0.4) is 0 Å². The molecule has 1 aromatic heterocycles. The van der Waals surface area contributed by atoms with E-state index in [1.807, 2.05) is 6.07 Å². The highest BCUT2D eigenvalue weighted by Gasteiger charge is 2.70. The zero-order valence-corrected chi connectivity index (χ0v) is 21.0. The lowest BCUT2D eigenvalue weighted by molar-refractivity contribution is -0.247. The van der Waals surface area contributed by atoms with Gasteiger partial charge < -0.3 is 18.3 Å². The molecule has 172 valence electrons. The first-order chi connectivity index (χ1) is 14.7. The highest BCUT2D eigenvalue weighted by molar-refractivity contribution is 6.73. The van der Waals surface area contributed by atoms with Gasteiger partial charge >= 0.3 is 0 Å². The van der Waals surface area contributed by atoms with Gasteiger partial charge in [-0.3, -0.25) is 4.79 Å². The van der Waals surface area contributed by atoms with Crippen LogP contribution in [0.25, 0.3) is 0 Å². The van der Waals surface area contributed by atoms with Crippen molar-refractivity contribution in [1.82, 2.24) is 0 Å². The summed E-state index contributed by atoms with van der Waals surface area (Å²) in [6, 6.07) is 5.24. The molecule has 5 atom stereocenters. The minimum atomic E-state index is -1.76. The van der Waals surface area contributed by atoms with Gasteiger partial charge in [-0.15, -0.1) is 0 Å². The molecule has 1 spiro atoms. The molecule has 4 rings (SSSR count). The number of ether oxygens (including phenoxy) is 2. The summed E-state index contributed by atoms with van der Waals surface area (Å²) < 4.78 is 25.1. The third-order valence-electron chi connectivity index (χ3n) is 8.93. The molecule has 6 heteroatoms. The van der Waals surface area contributed by atoms with E-state index >= 15 is 0 Å². The molecule has 2 heterocycles. The molecule has 0 aromatic carbocycles. The Balaban J connectivity index is 1.76. The van der Waals surface area contributed by atoms with Gasteiger partial charge in [-0.05, 0) is 49.0 Å². The molecule has 0 amide bonds. The van der Waals surface area contributed by atoms with Gasteiger partial charge in [0.2, 0.25) is 0 Å². The van der Waals surface area contributed by atoms with E-state index in [9.17, 15) is 4.79 Å². The molecule has 1 saturated heterocycles. The average molecular weight is 447 g/mol. The third kappa shape index (κ3) is 3.24. The van der Waals surface area contributed by atoms with Crippen LogP contribution in [0.4, 0.5) is 0 Å². The van der Waals surface area contributed by atoms with Crippen LogP contribution in [0.2, 0.25) is 18.1 Å². The smallest absolute Gasteiger partial charge is 0.199 e. The van der Waals surface area contributed by atoms with Crippen LogP contribution in [0, 0.1) is 11.3 Å². The van der Waals surface area contributed by atoms with Crippen LogP contribution in [-0.2, 0) is 24.5 Å². The first kappa shape index (κ1) is 23.0. The highest BCUT2D eigenvalue weighted by atomic mass is 28.4. The maximum absolute atomic E-state index is 13.4. The van der Waals surface area contributed by atoms with Crippen molar-refractivity contribution >= 4 is 14.1 Å². The van der Waals surface area contributed by atoms with E-state index in [2.05, 4.69) is 40.7 Å². The molecule has 2 aliphatic carbocycles. The molecule has 5 unspecified atom stereocenters. The summed E-state index contributed by atoms with van der Waals surface area (Å²) in [5.41, 5.74) is 0.841. The fraction of sp³-hybridized carbons (Fsp3) is 0.720. The Morgan fingerprint density at radius 1 is 1.23 bits per heavy atom. The predicted octanol–water partition coefficient (Wildman–Crippen LogP) is 5.96. The number of ketones is 1. The maximum Gasteiger partial charge on any atom is 0.199 e. The second-order valence-corrected chi connectivity index (χ2v) is 14.8. The van der Waals surface area contributed by atoms with Crippen LogP contribution in [-0.4, -0.2) is 32.9 Å². The predicted molar refractivity (Wildman–Crippen MR) is 122 cm³/mol. The summed E-state index contributed by atoms with van der Waals surface area (Å²) in [4.78, 5) is 13.4. The van der Waals surface area contributed by atoms with Crippen LogP contribution in [0.15, 0.2) is 34.7 Å². The summed E-state index contributed by atoms with van der Waals surface area (Å²) >= 11 is 0. The van der Waals surface area contributed by atoms with Crippen LogP contribution < -0.4 is 0 Å². The van der Waals surface area contributed by atoms with Crippen molar-refractivity contribution in [3.63, 3.8) is 0 Å². The molecular weight excluding hydrogens is 408 g/mol. The van der Waals surface area contributed by atoms with Crippen molar-refractivity contribution in [1.29, 1.82) is 0 Å². The number of hydrogen-bond acceptors (Lipinski definition) is 5. The molecule has 1 aliphatic heterocycles. The van der Waals surface area contributed by atoms with E-state index in [1.54, 1.807) is 19.6 Å². The molecule has 0 bridgehead atoms. The van der Waals surface area contributed by atoms with Gasteiger partial charge in [-0.2, -0.15) is 0 Å². The Morgan fingerprint density at radius 2 is 1.94 bits per heavy atom. The molecule has 0 radical (unpaired) electrons. The number of furan rings is 1. The number of rotatable bonds is 7. The second kappa shape index (κ2) is 7.98. The minimum absolute atomic E-state index is 0.00354. The standard InChI is InChI=1S/C25H38O5Si/c1-7-31(8-2,9-3)29-20-10-12-24-21(15-20)22(26)14-18(4)23(24,5)17-25(27-6,30-24)19-11-13-28-16-19/h11,13,15-16,18,20H,7-10,12,14,17H2,1-6H3.